The summed E-state index contributed by atoms with van der Waals surface area (Å²) in [6.07, 6.45) is 10.0. The molecule has 5 heteroatoms. The van der Waals surface area contributed by atoms with Crippen LogP contribution in [0.2, 0.25) is 17.3 Å². The Morgan fingerprint density at radius 3 is 0.960 bits per heavy atom. The summed E-state index contributed by atoms with van der Waals surface area (Å²) in [7, 11) is 0. The van der Waals surface area contributed by atoms with Gasteiger partial charge < -0.3 is 17.2 Å². The van der Waals surface area contributed by atoms with Crippen LogP contribution in [0.4, 0.5) is 0 Å². The zero-order valence-electron chi connectivity index (χ0n) is 18.9. The Hall–Kier alpha value is 0.786. The molecule has 0 aliphatic heterocycles. The topological polar surface area (TPSA) is 71.4 Å². The maximum atomic E-state index is 6.94. The second-order valence-electron chi connectivity index (χ2n) is 9.25. The van der Waals surface area contributed by atoms with E-state index in [-0.39, 0.29) is 57.2 Å². The fourth-order valence-electron chi connectivity index (χ4n) is 0.340. The molecule has 1 aliphatic rings. The van der Waals surface area contributed by atoms with Crippen molar-refractivity contribution in [2.45, 2.75) is 103 Å². The van der Waals surface area contributed by atoms with Crippen molar-refractivity contribution in [3.63, 3.8) is 0 Å². The second kappa shape index (κ2) is 19.5. The molecule has 0 unspecified atom stereocenters. The largest absolute Gasteiger partial charge is 4.00 e. The summed E-state index contributed by atoms with van der Waals surface area (Å²) in [6.45, 7) is 16.7. The summed E-state index contributed by atoms with van der Waals surface area (Å²) in [6, 6.07) is 0. The van der Waals surface area contributed by atoms with E-state index in [1.165, 1.54) is 0 Å². The molecule has 1 aliphatic carbocycles. The first-order valence-electron chi connectivity index (χ1n) is 8.47. The van der Waals surface area contributed by atoms with Crippen LogP contribution in [0.3, 0.4) is 0 Å². The molecule has 0 aromatic carbocycles. The van der Waals surface area contributed by atoms with Gasteiger partial charge in [0.25, 0.3) is 0 Å². The molecule has 0 spiro atoms. The SMILES string of the molecule is CC(C)(C)[NH-].CC(C)(C)[NH-].CC(C)(C)[NH-].[C-]1=CC=CC1.[CH3][Ge]([CH3])[CH3].[Zr+4]. The molecule has 3 nitrogen and oxygen atoms in total. The molecule has 1 radical (unpaired) electrons. The van der Waals surface area contributed by atoms with Gasteiger partial charge in [-0.1, -0.05) is 62.3 Å². The monoisotopic (exact) mass is 490 g/mol. The van der Waals surface area contributed by atoms with E-state index in [0.717, 1.165) is 6.42 Å². The average molecular weight is 490 g/mol. The number of allylic oxidation sites excluding steroid dienone is 4. The van der Waals surface area contributed by atoms with Gasteiger partial charge in [-0.05, 0) is 0 Å². The third kappa shape index (κ3) is 384. The average Bonchev–Trinajstić information content (AvgIpc) is 2.61. The Labute approximate surface area is 183 Å². The molecule has 0 atom stereocenters. The van der Waals surface area contributed by atoms with Gasteiger partial charge in [-0.25, -0.2) is 12.2 Å². The van der Waals surface area contributed by atoms with Crippen LogP contribution in [-0.4, -0.2) is 31.0 Å². The number of nitrogens with one attached hydrogen (secondary N) is 3. The Morgan fingerprint density at radius 2 is 0.920 bits per heavy atom. The van der Waals surface area contributed by atoms with E-state index < -0.39 is 0 Å². The molecule has 0 aromatic heterocycles. The van der Waals surface area contributed by atoms with Crippen molar-refractivity contribution in [1.82, 2.24) is 0 Å². The minimum absolute atomic E-state index is 0. The van der Waals surface area contributed by atoms with Crippen molar-refractivity contribution in [2.75, 3.05) is 0 Å². The van der Waals surface area contributed by atoms with Crippen LogP contribution < -0.4 is 0 Å². The van der Waals surface area contributed by atoms with Crippen molar-refractivity contribution in [1.29, 1.82) is 0 Å². The normalized spacial score (nSPS) is 12.2. The molecule has 0 amide bonds. The van der Waals surface area contributed by atoms with E-state index in [1.807, 2.05) is 74.5 Å². The van der Waals surface area contributed by atoms with Crippen LogP contribution >= 0.6 is 0 Å². The fourth-order valence-corrected chi connectivity index (χ4v) is 0.340. The van der Waals surface area contributed by atoms with E-state index in [0.29, 0.717) is 0 Å². The molecule has 0 bridgehead atoms. The van der Waals surface area contributed by atoms with Gasteiger partial charge in [0.05, 0.1) is 0 Å². The van der Waals surface area contributed by atoms with Crippen molar-refractivity contribution in [3.8, 4) is 0 Å². The van der Waals surface area contributed by atoms with E-state index >= 15 is 0 Å². The second-order valence-corrected chi connectivity index (χ2v) is 15.5. The van der Waals surface area contributed by atoms with Gasteiger partial charge in [-0.3, -0.25) is 6.08 Å². The van der Waals surface area contributed by atoms with Crippen LogP contribution in [0.25, 0.3) is 17.2 Å². The first kappa shape index (κ1) is 36.7. The Morgan fingerprint density at radius 1 is 0.720 bits per heavy atom. The maximum absolute atomic E-state index is 6.94. The van der Waals surface area contributed by atoms with Crippen LogP contribution in [0.1, 0.15) is 68.7 Å². The van der Waals surface area contributed by atoms with Crippen molar-refractivity contribution >= 4 is 14.3 Å². The summed E-state index contributed by atoms with van der Waals surface area (Å²) in [5.41, 5.74) is 20.1. The summed E-state index contributed by atoms with van der Waals surface area (Å²) in [5.74, 6) is 7.00. The summed E-state index contributed by atoms with van der Waals surface area (Å²) in [4.78, 5) is 0. The third-order valence-corrected chi connectivity index (χ3v) is 0.586. The zero-order valence-corrected chi connectivity index (χ0v) is 23.5. The zero-order chi connectivity index (χ0) is 20.6. The van der Waals surface area contributed by atoms with Crippen LogP contribution in [0, 0.1) is 6.08 Å². The molecule has 0 aromatic rings. The van der Waals surface area contributed by atoms with Gasteiger partial charge in [0.2, 0.25) is 0 Å². The number of hydrogen-bond acceptors (Lipinski definition) is 0. The van der Waals surface area contributed by atoms with Gasteiger partial charge in [0.1, 0.15) is 0 Å². The predicted molar refractivity (Wildman–Crippen MR) is 117 cm³/mol. The number of hydrogen-bond donors (Lipinski definition) is 0. The first-order valence-corrected chi connectivity index (χ1v) is 14.8. The molecular weight excluding hydrogens is 446 g/mol. The maximum Gasteiger partial charge on any atom is 4.00 e. The third-order valence-electron chi connectivity index (χ3n) is 0.586. The van der Waals surface area contributed by atoms with Gasteiger partial charge in [-0.15, -0.1) is 23.0 Å². The molecule has 0 heterocycles. The fraction of sp³-hybridized carbons (Fsp3) is 0.800. The smallest absolute Gasteiger partial charge is 4.00 e. The molecule has 3 N–H and O–H groups in total. The van der Waals surface area contributed by atoms with Crippen molar-refractivity contribution in [2.24, 2.45) is 0 Å². The van der Waals surface area contributed by atoms with Crippen LogP contribution in [0.5, 0.6) is 0 Å². The first-order chi connectivity index (χ1) is 10.2. The molecule has 0 fully saturated rings. The van der Waals surface area contributed by atoms with Gasteiger partial charge in [0.15, 0.2) is 0 Å². The summed E-state index contributed by atoms with van der Waals surface area (Å²) < 4.78 is 0. The van der Waals surface area contributed by atoms with Gasteiger partial charge in [0, 0.05) is 0 Å². The Balaban J connectivity index is -0.0000000662. The molecule has 25 heavy (non-hydrogen) atoms. The van der Waals surface area contributed by atoms with Crippen molar-refractivity contribution < 1.29 is 26.2 Å². The molecule has 1 rings (SSSR count). The summed E-state index contributed by atoms with van der Waals surface area (Å²) >= 11 is -0.333. The van der Waals surface area contributed by atoms with Crippen LogP contribution in [-0.2, 0) is 26.2 Å². The van der Waals surface area contributed by atoms with Gasteiger partial charge >= 0.3 is 57.8 Å². The summed E-state index contributed by atoms with van der Waals surface area (Å²) in [5, 5.41) is 0. The molecule has 0 saturated carbocycles. The Bertz CT molecular complexity index is 247. The van der Waals surface area contributed by atoms with E-state index in [9.17, 15) is 0 Å². The van der Waals surface area contributed by atoms with Crippen molar-refractivity contribution in [3.05, 3.63) is 41.5 Å². The van der Waals surface area contributed by atoms with E-state index in [2.05, 4.69) is 29.4 Å². The molecule has 147 valence electrons. The van der Waals surface area contributed by atoms with Crippen LogP contribution in [0.15, 0.2) is 18.2 Å². The quantitative estimate of drug-likeness (QED) is 0.243. The standard InChI is InChI=1S/C5H5.3C4H10N.C3H9Ge.Zr/c1-2-4-5-3-1;3*1-4(2,3)5;1-4(2)3;/h1-3H,4H2;3*5H,1-3H3;1-3H3;/q4*-1;;+4. The minimum Gasteiger partial charge on any atom is 4.00 e. The number of rotatable bonds is 0. The minimum atomic E-state index is -0.333. The Kier molecular flexibility index (Phi) is 28.7. The van der Waals surface area contributed by atoms with Gasteiger partial charge in [-0.2, -0.15) is 6.08 Å². The van der Waals surface area contributed by atoms with E-state index in [1.54, 1.807) is 0 Å². The van der Waals surface area contributed by atoms with E-state index in [4.69, 9.17) is 17.2 Å². The molecular formula is C20H44GeN3Zr. The predicted octanol–water partition coefficient (Wildman–Crippen LogP) is 8.19. The molecule has 0 saturated heterocycles.